The summed E-state index contributed by atoms with van der Waals surface area (Å²) < 4.78 is 52.4. The number of ether oxygens (including phenoxy) is 2. The van der Waals surface area contributed by atoms with Crippen LogP contribution in [0.2, 0.25) is 10.0 Å². The SMILES string of the molecule is C[C@@H](COc1ccc(C2=C(C(=O)N(Cc3cccc(Cl)c3Cl)C3CC3)[C@H]3CNC[C@H](C2)N3)cc1)COc1c(F)ccc(F)c1F. The molecule has 6 rings (SSSR count). The Hall–Kier alpha value is -3.24. The number of hydrogen-bond donors (Lipinski definition) is 2. The highest BCUT2D eigenvalue weighted by Crippen LogP contribution is 2.38. The van der Waals surface area contributed by atoms with Gasteiger partial charge >= 0.3 is 0 Å². The minimum absolute atomic E-state index is 0.00325. The van der Waals surface area contributed by atoms with E-state index in [9.17, 15) is 18.0 Å². The third-order valence-corrected chi connectivity index (χ3v) is 9.26. The third-order valence-electron chi connectivity index (χ3n) is 8.40. The third kappa shape index (κ3) is 7.12. The minimum atomic E-state index is -1.35. The minimum Gasteiger partial charge on any atom is -0.493 e. The van der Waals surface area contributed by atoms with Crippen LogP contribution in [0, 0.1) is 23.4 Å². The van der Waals surface area contributed by atoms with Crippen LogP contribution in [0.25, 0.3) is 5.57 Å². The lowest BCUT2D eigenvalue weighted by Crippen LogP contribution is -2.60. The van der Waals surface area contributed by atoms with E-state index >= 15 is 0 Å². The van der Waals surface area contributed by atoms with Gasteiger partial charge in [-0.1, -0.05) is 54.4 Å². The monoisotopic (exact) mass is 659 g/mol. The van der Waals surface area contributed by atoms with E-state index in [1.165, 1.54) is 0 Å². The molecule has 3 atom stereocenters. The number of hydrogen-bond acceptors (Lipinski definition) is 5. The number of amides is 1. The Labute approximate surface area is 270 Å². The van der Waals surface area contributed by atoms with E-state index in [1.807, 2.05) is 41.3 Å². The van der Waals surface area contributed by atoms with Crippen LogP contribution < -0.4 is 20.1 Å². The van der Waals surface area contributed by atoms with Gasteiger partial charge < -0.3 is 25.0 Å². The summed E-state index contributed by atoms with van der Waals surface area (Å²) in [6.45, 7) is 3.81. The number of nitrogens with one attached hydrogen (secondary N) is 2. The van der Waals surface area contributed by atoms with Crippen LogP contribution in [-0.4, -0.2) is 55.2 Å². The number of benzene rings is 3. The molecule has 0 aromatic heterocycles. The largest absolute Gasteiger partial charge is 0.493 e. The number of piperazine rings is 1. The molecule has 0 radical (unpaired) electrons. The predicted octanol–water partition coefficient (Wildman–Crippen LogP) is 6.78. The van der Waals surface area contributed by atoms with Crippen molar-refractivity contribution in [3.8, 4) is 11.5 Å². The van der Waals surface area contributed by atoms with Crippen molar-refractivity contribution in [3.05, 3.63) is 98.8 Å². The van der Waals surface area contributed by atoms with Gasteiger partial charge in [-0.15, -0.1) is 0 Å². The van der Waals surface area contributed by atoms with Crippen molar-refractivity contribution in [2.45, 2.75) is 50.9 Å². The van der Waals surface area contributed by atoms with E-state index in [1.54, 1.807) is 13.0 Å². The van der Waals surface area contributed by atoms with E-state index in [0.29, 0.717) is 35.3 Å². The van der Waals surface area contributed by atoms with Crippen LogP contribution in [-0.2, 0) is 11.3 Å². The number of halogens is 5. The molecule has 1 saturated heterocycles. The molecule has 238 valence electrons. The van der Waals surface area contributed by atoms with Gasteiger partial charge in [0.2, 0.25) is 5.82 Å². The molecule has 2 N–H and O–H groups in total. The average Bonchev–Trinajstić information content (AvgIpc) is 3.88. The summed E-state index contributed by atoms with van der Waals surface area (Å²) >= 11 is 12.8. The number of carbonyl (C=O) groups is 1. The zero-order valence-corrected chi connectivity index (χ0v) is 26.2. The molecule has 3 aromatic rings. The number of nitrogens with zero attached hydrogens (tertiary/aromatic N) is 1. The van der Waals surface area contributed by atoms with Gasteiger partial charge in [-0.25, -0.2) is 8.78 Å². The lowest BCUT2D eigenvalue weighted by Gasteiger charge is -2.41. The fraction of sp³-hybridized carbons (Fsp3) is 0.382. The molecular weight excluding hydrogens is 626 g/mol. The first-order chi connectivity index (χ1) is 21.7. The summed E-state index contributed by atoms with van der Waals surface area (Å²) in [6, 6.07) is 14.9. The fourth-order valence-corrected chi connectivity index (χ4v) is 6.29. The molecule has 2 heterocycles. The second-order valence-corrected chi connectivity index (χ2v) is 12.8. The van der Waals surface area contributed by atoms with E-state index in [0.717, 1.165) is 53.8 Å². The first kappa shape index (κ1) is 31.7. The molecule has 3 aromatic carbocycles. The standard InChI is InChI=1S/C34H34Cl2F3N3O3/c1-19(18-45-33-28(38)12-11-27(37)32(33)39)17-44-24-9-5-20(6-10-24)25-13-22-14-40-15-29(41-22)30(25)34(43)42(23-7-8-23)16-21-3-2-4-26(35)31(21)36/h2-6,9-12,19,22-23,29,40-41H,7-8,13-18H2,1H3/t19-,22-,29+/m0/s1. The summed E-state index contributed by atoms with van der Waals surface area (Å²) in [5.74, 6) is -3.85. The van der Waals surface area contributed by atoms with Crippen LogP contribution in [0.1, 0.15) is 37.3 Å². The Morgan fingerprint density at radius 3 is 2.47 bits per heavy atom. The van der Waals surface area contributed by atoms with Gasteiger partial charge in [0.15, 0.2) is 17.4 Å². The normalized spacial score (nSPS) is 20.1. The molecule has 2 bridgehead atoms. The molecular formula is C34H34Cl2F3N3O3. The van der Waals surface area contributed by atoms with Crippen molar-refractivity contribution in [1.29, 1.82) is 0 Å². The number of carbonyl (C=O) groups excluding carboxylic acids is 1. The molecule has 2 aliphatic heterocycles. The molecule has 3 aliphatic rings. The van der Waals surface area contributed by atoms with Gasteiger partial charge in [0.25, 0.3) is 5.91 Å². The molecule has 2 fully saturated rings. The molecule has 1 amide bonds. The van der Waals surface area contributed by atoms with E-state index in [2.05, 4.69) is 10.6 Å². The highest BCUT2D eigenvalue weighted by molar-refractivity contribution is 6.42. The van der Waals surface area contributed by atoms with E-state index < -0.39 is 23.2 Å². The Morgan fingerprint density at radius 1 is 0.978 bits per heavy atom. The summed E-state index contributed by atoms with van der Waals surface area (Å²) in [7, 11) is 0. The predicted molar refractivity (Wildman–Crippen MR) is 168 cm³/mol. The molecule has 0 unspecified atom stereocenters. The average molecular weight is 661 g/mol. The lowest BCUT2D eigenvalue weighted by atomic mass is 9.83. The summed E-state index contributed by atoms with van der Waals surface area (Å²) in [5, 5.41) is 8.04. The van der Waals surface area contributed by atoms with Crippen LogP contribution in [0.4, 0.5) is 13.2 Å². The summed E-state index contributed by atoms with van der Waals surface area (Å²) in [4.78, 5) is 16.3. The summed E-state index contributed by atoms with van der Waals surface area (Å²) in [5.41, 5.74) is 3.56. The fourth-order valence-electron chi connectivity index (χ4n) is 5.91. The highest BCUT2D eigenvalue weighted by Gasteiger charge is 2.41. The summed E-state index contributed by atoms with van der Waals surface area (Å²) in [6.07, 6.45) is 2.60. The number of fused-ring (bicyclic) bond motifs is 2. The van der Waals surface area contributed by atoms with Crippen LogP contribution in [0.3, 0.4) is 0 Å². The molecule has 11 heteroatoms. The van der Waals surface area contributed by atoms with Crippen molar-refractivity contribution in [3.63, 3.8) is 0 Å². The lowest BCUT2D eigenvalue weighted by molar-refractivity contribution is -0.128. The van der Waals surface area contributed by atoms with E-state index in [-0.39, 0.29) is 43.2 Å². The second kappa shape index (κ2) is 13.6. The van der Waals surface area contributed by atoms with Crippen molar-refractivity contribution in [1.82, 2.24) is 15.5 Å². The quantitative estimate of drug-likeness (QED) is 0.222. The van der Waals surface area contributed by atoms with Crippen molar-refractivity contribution in [2.24, 2.45) is 5.92 Å². The van der Waals surface area contributed by atoms with Gasteiger partial charge in [0, 0.05) is 43.2 Å². The molecule has 45 heavy (non-hydrogen) atoms. The first-order valence-electron chi connectivity index (χ1n) is 15.1. The molecule has 6 nitrogen and oxygen atoms in total. The van der Waals surface area contributed by atoms with Gasteiger partial charge in [0.1, 0.15) is 5.75 Å². The van der Waals surface area contributed by atoms with Crippen LogP contribution in [0.5, 0.6) is 11.5 Å². The van der Waals surface area contributed by atoms with Crippen LogP contribution in [0.15, 0.2) is 60.2 Å². The van der Waals surface area contributed by atoms with Crippen molar-refractivity contribution < 1.29 is 27.4 Å². The van der Waals surface area contributed by atoms with Gasteiger partial charge in [-0.2, -0.15) is 4.39 Å². The highest BCUT2D eigenvalue weighted by atomic mass is 35.5. The van der Waals surface area contributed by atoms with Gasteiger partial charge in [-0.05, 0) is 66.3 Å². The Bertz CT molecular complexity index is 1600. The Kier molecular flexibility index (Phi) is 9.61. The molecule has 1 aliphatic carbocycles. The molecule has 1 saturated carbocycles. The first-order valence-corrected chi connectivity index (χ1v) is 15.9. The Balaban J connectivity index is 1.17. The topological polar surface area (TPSA) is 62.8 Å². The Morgan fingerprint density at radius 2 is 1.71 bits per heavy atom. The maximum Gasteiger partial charge on any atom is 0.252 e. The maximum atomic E-state index is 14.4. The maximum absolute atomic E-state index is 14.4. The van der Waals surface area contributed by atoms with E-state index in [4.69, 9.17) is 32.7 Å². The van der Waals surface area contributed by atoms with Gasteiger partial charge in [0.05, 0.1) is 29.3 Å². The van der Waals surface area contributed by atoms with Crippen molar-refractivity contribution >= 4 is 34.7 Å². The van der Waals surface area contributed by atoms with Crippen molar-refractivity contribution in [2.75, 3.05) is 26.3 Å². The van der Waals surface area contributed by atoms with Gasteiger partial charge in [-0.3, -0.25) is 4.79 Å². The molecule has 0 spiro atoms. The number of rotatable bonds is 11. The zero-order chi connectivity index (χ0) is 31.7. The second-order valence-electron chi connectivity index (χ2n) is 12.0. The smallest absolute Gasteiger partial charge is 0.252 e. The van der Waals surface area contributed by atoms with Crippen LogP contribution >= 0.6 is 23.2 Å². The zero-order valence-electron chi connectivity index (χ0n) is 24.7.